The number of hydrogen-bond acceptors (Lipinski definition) is 3. The molecule has 2 aromatic rings. The van der Waals surface area contributed by atoms with E-state index in [-0.39, 0.29) is 5.78 Å². The number of rotatable bonds is 4. The van der Waals surface area contributed by atoms with Gasteiger partial charge < -0.3 is 4.74 Å². The lowest BCUT2D eigenvalue weighted by Crippen LogP contribution is -2.25. The van der Waals surface area contributed by atoms with Gasteiger partial charge in [0.05, 0.1) is 5.56 Å². The normalized spacial score (nSPS) is 14.2. The van der Waals surface area contributed by atoms with Gasteiger partial charge in [-0.05, 0) is 61.9 Å². The number of carbonyl (C=O) groups excluding carboxylic acids is 2. The molecule has 0 N–H and O–H groups in total. The summed E-state index contributed by atoms with van der Waals surface area (Å²) in [7, 11) is 0. The number of aryl methyl sites for hydroxylation is 3. The van der Waals surface area contributed by atoms with E-state index in [9.17, 15) is 9.59 Å². The summed E-state index contributed by atoms with van der Waals surface area (Å²) in [6.45, 7) is 3.48. The first-order valence-electron chi connectivity index (χ1n) is 7.99. The molecule has 0 fully saturated rings. The number of carbonyl (C=O) groups is 2. The quantitative estimate of drug-likeness (QED) is 0.635. The standard InChI is InChI=1S/C20H20O3/c1-13-6-3-4-9-18(13)20(22)23-14(2)19(21)17-11-10-15-7-5-8-16(15)12-17/h3-4,6,9-12,14H,5,7-8H2,1-2H3. The fraction of sp³-hybridized carbons (Fsp3) is 0.300. The van der Waals surface area contributed by atoms with E-state index in [1.165, 1.54) is 11.1 Å². The zero-order chi connectivity index (χ0) is 16.4. The molecule has 2 aromatic carbocycles. The van der Waals surface area contributed by atoms with Gasteiger partial charge in [-0.1, -0.05) is 30.3 Å². The van der Waals surface area contributed by atoms with Gasteiger partial charge in [-0.15, -0.1) is 0 Å². The van der Waals surface area contributed by atoms with Gasteiger partial charge in [0.15, 0.2) is 6.10 Å². The molecule has 1 atom stereocenters. The van der Waals surface area contributed by atoms with E-state index in [1.54, 1.807) is 19.1 Å². The number of hydrogen-bond donors (Lipinski definition) is 0. The monoisotopic (exact) mass is 308 g/mol. The third kappa shape index (κ3) is 3.19. The molecule has 0 radical (unpaired) electrons. The maximum Gasteiger partial charge on any atom is 0.339 e. The number of Topliss-reactive ketones (excluding diaryl/α,β-unsaturated/α-hetero) is 1. The van der Waals surface area contributed by atoms with Crippen LogP contribution in [0.5, 0.6) is 0 Å². The van der Waals surface area contributed by atoms with E-state index in [1.807, 2.05) is 37.3 Å². The van der Waals surface area contributed by atoms with Crippen LogP contribution in [0.2, 0.25) is 0 Å². The maximum absolute atomic E-state index is 12.5. The highest BCUT2D eigenvalue weighted by atomic mass is 16.5. The Bertz CT molecular complexity index is 761. The topological polar surface area (TPSA) is 43.4 Å². The average molecular weight is 308 g/mol. The van der Waals surface area contributed by atoms with Gasteiger partial charge in [0.25, 0.3) is 0 Å². The summed E-state index contributed by atoms with van der Waals surface area (Å²) in [5.41, 5.74) is 4.53. The van der Waals surface area contributed by atoms with Crippen LogP contribution in [-0.4, -0.2) is 17.9 Å². The molecule has 0 aliphatic heterocycles. The van der Waals surface area contributed by atoms with Crippen LogP contribution in [0.1, 0.15) is 50.8 Å². The second kappa shape index (κ2) is 6.37. The first kappa shape index (κ1) is 15.5. The lowest BCUT2D eigenvalue weighted by atomic mass is 10.0. The van der Waals surface area contributed by atoms with Crippen LogP contribution in [0.15, 0.2) is 42.5 Å². The number of ether oxygens (including phenoxy) is 1. The number of benzene rings is 2. The summed E-state index contributed by atoms with van der Waals surface area (Å²) < 4.78 is 5.36. The molecule has 0 aromatic heterocycles. The molecule has 118 valence electrons. The van der Waals surface area contributed by atoms with Crippen molar-refractivity contribution in [2.24, 2.45) is 0 Å². The molecule has 1 unspecified atom stereocenters. The number of ketones is 1. The highest BCUT2D eigenvalue weighted by Crippen LogP contribution is 2.23. The van der Waals surface area contributed by atoms with Gasteiger partial charge in [0.2, 0.25) is 5.78 Å². The van der Waals surface area contributed by atoms with Crippen molar-refractivity contribution in [2.75, 3.05) is 0 Å². The SMILES string of the molecule is Cc1ccccc1C(=O)OC(C)C(=O)c1ccc2c(c1)CCC2. The zero-order valence-corrected chi connectivity index (χ0v) is 13.5. The van der Waals surface area contributed by atoms with Gasteiger partial charge in [-0.25, -0.2) is 4.79 Å². The third-order valence-electron chi connectivity index (χ3n) is 4.40. The Labute approximate surface area is 136 Å². The van der Waals surface area contributed by atoms with E-state index < -0.39 is 12.1 Å². The molecule has 1 aliphatic carbocycles. The van der Waals surface area contributed by atoms with Crippen LogP contribution in [-0.2, 0) is 17.6 Å². The Hall–Kier alpha value is -2.42. The maximum atomic E-state index is 12.5. The van der Waals surface area contributed by atoms with Gasteiger partial charge in [0, 0.05) is 5.56 Å². The lowest BCUT2D eigenvalue weighted by Gasteiger charge is -2.14. The van der Waals surface area contributed by atoms with Crippen molar-refractivity contribution >= 4 is 11.8 Å². The molecule has 1 aliphatic rings. The Morgan fingerprint density at radius 1 is 1.04 bits per heavy atom. The summed E-state index contributed by atoms with van der Waals surface area (Å²) in [6, 6.07) is 13.0. The van der Waals surface area contributed by atoms with Crippen molar-refractivity contribution in [3.05, 3.63) is 70.3 Å². The van der Waals surface area contributed by atoms with E-state index in [4.69, 9.17) is 4.74 Å². The molecule has 3 rings (SSSR count). The Balaban J connectivity index is 1.73. The van der Waals surface area contributed by atoms with Crippen molar-refractivity contribution in [1.82, 2.24) is 0 Å². The molecule has 0 amide bonds. The Morgan fingerprint density at radius 2 is 1.78 bits per heavy atom. The minimum Gasteiger partial charge on any atom is -0.451 e. The predicted molar refractivity (Wildman–Crippen MR) is 88.9 cm³/mol. The second-order valence-corrected chi connectivity index (χ2v) is 6.06. The smallest absolute Gasteiger partial charge is 0.339 e. The van der Waals surface area contributed by atoms with Crippen LogP contribution in [0.4, 0.5) is 0 Å². The van der Waals surface area contributed by atoms with E-state index in [0.717, 1.165) is 24.8 Å². The summed E-state index contributed by atoms with van der Waals surface area (Å²) in [5, 5.41) is 0. The highest BCUT2D eigenvalue weighted by Gasteiger charge is 2.22. The molecule has 0 spiro atoms. The van der Waals surface area contributed by atoms with E-state index in [0.29, 0.717) is 11.1 Å². The molecule has 0 saturated heterocycles. The second-order valence-electron chi connectivity index (χ2n) is 6.06. The van der Waals surface area contributed by atoms with Crippen LogP contribution in [0.25, 0.3) is 0 Å². The van der Waals surface area contributed by atoms with Crippen LogP contribution >= 0.6 is 0 Å². The summed E-state index contributed by atoms with van der Waals surface area (Å²) in [4.78, 5) is 24.7. The minimum atomic E-state index is -0.790. The first-order chi connectivity index (χ1) is 11.1. The van der Waals surface area contributed by atoms with E-state index >= 15 is 0 Å². The lowest BCUT2D eigenvalue weighted by molar-refractivity contribution is 0.0318. The minimum absolute atomic E-state index is 0.151. The molecular weight excluding hydrogens is 288 g/mol. The molecular formula is C20H20O3. The highest BCUT2D eigenvalue weighted by molar-refractivity contribution is 6.01. The fourth-order valence-electron chi connectivity index (χ4n) is 3.04. The van der Waals surface area contributed by atoms with Gasteiger partial charge in [0.1, 0.15) is 0 Å². The Kier molecular flexibility index (Phi) is 4.28. The zero-order valence-electron chi connectivity index (χ0n) is 13.5. The molecule has 0 saturated carbocycles. The van der Waals surface area contributed by atoms with Gasteiger partial charge in [-0.3, -0.25) is 4.79 Å². The molecule has 3 heteroatoms. The molecule has 3 nitrogen and oxygen atoms in total. The van der Waals surface area contributed by atoms with Crippen LogP contribution in [0, 0.1) is 6.92 Å². The van der Waals surface area contributed by atoms with Gasteiger partial charge >= 0.3 is 5.97 Å². The summed E-state index contributed by atoms with van der Waals surface area (Å²) in [6.07, 6.45) is 2.46. The average Bonchev–Trinajstić information content (AvgIpc) is 3.01. The van der Waals surface area contributed by atoms with Crippen molar-refractivity contribution < 1.29 is 14.3 Å². The predicted octanol–water partition coefficient (Wildman–Crippen LogP) is 3.91. The first-order valence-corrected chi connectivity index (χ1v) is 7.99. The third-order valence-corrected chi connectivity index (χ3v) is 4.40. The van der Waals surface area contributed by atoms with Crippen molar-refractivity contribution in [3.63, 3.8) is 0 Å². The number of esters is 1. The van der Waals surface area contributed by atoms with Crippen LogP contribution < -0.4 is 0 Å². The van der Waals surface area contributed by atoms with Crippen LogP contribution in [0.3, 0.4) is 0 Å². The van der Waals surface area contributed by atoms with Gasteiger partial charge in [-0.2, -0.15) is 0 Å². The number of fused-ring (bicyclic) bond motifs is 1. The van der Waals surface area contributed by atoms with E-state index in [2.05, 4.69) is 0 Å². The van der Waals surface area contributed by atoms with Crippen molar-refractivity contribution in [3.8, 4) is 0 Å². The largest absolute Gasteiger partial charge is 0.451 e. The van der Waals surface area contributed by atoms with Crippen molar-refractivity contribution in [1.29, 1.82) is 0 Å². The Morgan fingerprint density at radius 3 is 2.57 bits per heavy atom. The summed E-state index contributed by atoms with van der Waals surface area (Å²) >= 11 is 0. The summed E-state index contributed by atoms with van der Waals surface area (Å²) in [5.74, 6) is -0.605. The van der Waals surface area contributed by atoms with Crippen molar-refractivity contribution in [2.45, 2.75) is 39.2 Å². The fourth-order valence-corrected chi connectivity index (χ4v) is 3.04. The molecule has 0 heterocycles. The molecule has 0 bridgehead atoms. The molecule has 23 heavy (non-hydrogen) atoms.